The van der Waals surface area contributed by atoms with Crippen molar-refractivity contribution in [3.63, 3.8) is 0 Å². The molecule has 0 unspecified atom stereocenters. The fourth-order valence-electron chi connectivity index (χ4n) is 1.88. The van der Waals surface area contributed by atoms with Gasteiger partial charge in [0.05, 0.1) is 17.2 Å². The van der Waals surface area contributed by atoms with Crippen LogP contribution < -0.4 is 0 Å². The van der Waals surface area contributed by atoms with Crippen LogP contribution in [-0.4, -0.2) is 0 Å². The zero-order valence-corrected chi connectivity index (χ0v) is 10.4. The number of hydrogen-bond donors (Lipinski definition) is 0. The van der Waals surface area contributed by atoms with Crippen LogP contribution in [-0.2, 0) is 6.18 Å². The summed E-state index contributed by atoms with van der Waals surface area (Å²) in [5.41, 5.74) is 0.577. The van der Waals surface area contributed by atoms with Crippen molar-refractivity contribution in [2.45, 2.75) is 13.1 Å². The highest BCUT2D eigenvalue weighted by Crippen LogP contribution is 2.33. The molecule has 2 rings (SSSR count). The molecule has 1 nitrogen and oxygen atoms in total. The smallest absolute Gasteiger partial charge is 0.206 e. The fourth-order valence-corrected chi connectivity index (χ4v) is 1.88. The number of halogens is 4. The van der Waals surface area contributed by atoms with Gasteiger partial charge in [-0.3, -0.25) is 0 Å². The number of nitrogens with zero attached hydrogens (tertiary/aromatic N) is 1. The largest absolute Gasteiger partial charge is 0.416 e. The summed E-state index contributed by atoms with van der Waals surface area (Å²) in [7, 11) is 0. The van der Waals surface area contributed by atoms with E-state index in [-0.39, 0.29) is 5.56 Å². The third-order valence-electron chi connectivity index (χ3n) is 2.95. The summed E-state index contributed by atoms with van der Waals surface area (Å²) in [5, 5.41) is 8.81. The molecule has 0 atom stereocenters. The fraction of sp³-hybridized carbons (Fsp3) is 0.133. The Morgan fingerprint density at radius 1 is 1.05 bits per heavy atom. The molecule has 0 aliphatic heterocycles. The molecule has 0 aromatic heterocycles. The molecule has 2 aromatic carbocycles. The van der Waals surface area contributed by atoms with E-state index in [0.717, 1.165) is 12.1 Å². The van der Waals surface area contributed by atoms with Crippen molar-refractivity contribution in [2.75, 3.05) is 0 Å². The Balaban J connectivity index is 2.49. The summed E-state index contributed by atoms with van der Waals surface area (Å²) in [5.74, 6) is -0.941. The van der Waals surface area contributed by atoms with Crippen LogP contribution in [0.15, 0.2) is 36.4 Å². The molecule has 0 bridgehead atoms. The molecule has 102 valence electrons. The lowest BCUT2D eigenvalue weighted by Gasteiger charge is -2.10. The van der Waals surface area contributed by atoms with Gasteiger partial charge in [-0.25, -0.2) is 4.39 Å². The molecule has 5 heteroatoms. The van der Waals surface area contributed by atoms with Crippen molar-refractivity contribution >= 4 is 0 Å². The van der Waals surface area contributed by atoms with Gasteiger partial charge < -0.3 is 0 Å². The second-order valence-electron chi connectivity index (χ2n) is 4.33. The molecule has 0 N–H and O–H groups in total. The lowest BCUT2D eigenvalue weighted by molar-refractivity contribution is -0.137. The Morgan fingerprint density at radius 3 is 2.25 bits per heavy atom. The molecule has 0 aliphatic carbocycles. The van der Waals surface area contributed by atoms with E-state index in [9.17, 15) is 17.6 Å². The molecule has 0 aliphatic rings. The van der Waals surface area contributed by atoms with Gasteiger partial charge in [-0.1, -0.05) is 18.2 Å². The predicted molar refractivity (Wildman–Crippen MR) is 66.3 cm³/mol. The molecule has 0 fully saturated rings. The predicted octanol–water partition coefficient (Wildman–Crippen LogP) is 4.69. The van der Waals surface area contributed by atoms with Crippen LogP contribution in [0, 0.1) is 24.1 Å². The molecule has 0 spiro atoms. The van der Waals surface area contributed by atoms with Gasteiger partial charge in [-0.05, 0) is 36.2 Å². The topological polar surface area (TPSA) is 23.8 Å². The lowest BCUT2D eigenvalue weighted by Crippen LogP contribution is -2.05. The standard InChI is InChI=1S/C15H9F4N/c1-9-6-10(2-3-11(9)8-20)13-5-4-12(7-14(13)16)15(17,18)19/h2-7H,1H3. The minimum Gasteiger partial charge on any atom is -0.206 e. The van der Waals surface area contributed by atoms with E-state index in [1.54, 1.807) is 13.0 Å². The highest BCUT2D eigenvalue weighted by Gasteiger charge is 2.31. The highest BCUT2D eigenvalue weighted by molar-refractivity contribution is 5.66. The SMILES string of the molecule is Cc1cc(-c2ccc(C(F)(F)F)cc2F)ccc1C#N. The molecule has 20 heavy (non-hydrogen) atoms. The van der Waals surface area contributed by atoms with Crippen molar-refractivity contribution < 1.29 is 17.6 Å². The van der Waals surface area contributed by atoms with Gasteiger partial charge in [-0.2, -0.15) is 18.4 Å². The van der Waals surface area contributed by atoms with E-state index in [1.807, 2.05) is 6.07 Å². The number of benzene rings is 2. The molecule has 0 radical (unpaired) electrons. The number of aryl methyl sites for hydroxylation is 1. The Kier molecular flexibility index (Phi) is 3.49. The zero-order valence-electron chi connectivity index (χ0n) is 10.4. The van der Waals surface area contributed by atoms with Crippen molar-refractivity contribution in [2.24, 2.45) is 0 Å². The van der Waals surface area contributed by atoms with E-state index >= 15 is 0 Å². The van der Waals surface area contributed by atoms with Gasteiger partial charge in [0.25, 0.3) is 0 Å². The summed E-state index contributed by atoms with van der Waals surface area (Å²) in [6.45, 7) is 1.68. The Labute approximate surface area is 113 Å². The van der Waals surface area contributed by atoms with Crippen LogP contribution in [0.2, 0.25) is 0 Å². The third kappa shape index (κ3) is 2.64. The Bertz CT molecular complexity index is 696. The van der Waals surface area contributed by atoms with Gasteiger partial charge in [0, 0.05) is 5.56 Å². The third-order valence-corrected chi connectivity index (χ3v) is 2.95. The molecule has 0 heterocycles. The molecule has 2 aromatic rings. The Morgan fingerprint density at radius 2 is 1.75 bits per heavy atom. The molecule has 0 saturated carbocycles. The molecule has 0 amide bonds. The van der Waals surface area contributed by atoms with Gasteiger partial charge in [-0.15, -0.1) is 0 Å². The first-order valence-electron chi connectivity index (χ1n) is 5.71. The van der Waals surface area contributed by atoms with Crippen molar-refractivity contribution in [3.05, 3.63) is 58.9 Å². The van der Waals surface area contributed by atoms with E-state index in [0.29, 0.717) is 22.8 Å². The molecular formula is C15H9F4N. The average molecular weight is 279 g/mol. The maximum atomic E-state index is 13.8. The lowest BCUT2D eigenvalue weighted by atomic mass is 9.99. The monoisotopic (exact) mass is 279 g/mol. The second kappa shape index (κ2) is 4.97. The van der Waals surface area contributed by atoms with E-state index in [4.69, 9.17) is 5.26 Å². The van der Waals surface area contributed by atoms with Gasteiger partial charge >= 0.3 is 6.18 Å². The number of hydrogen-bond acceptors (Lipinski definition) is 1. The number of alkyl halides is 3. The van der Waals surface area contributed by atoms with Gasteiger partial charge in [0.15, 0.2) is 0 Å². The highest BCUT2D eigenvalue weighted by atomic mass is 19.4. The summed E-state index contributed by atoms with van der Waals surface area (Å²) in [6.07, 6.45) is -4.57. The van der Waals surface area contributed by atoms with Crippen LogP contribution in [0.3, 0.4) is 0 Å². The first-order chi connectivity index (χ1) is 9.32. The van der Waals surface area contributed by atoms with Crippen LogP contribution in [0.25, 0.3) is 11.1 Å². The maximum Gasteiger partial charge on any atom is 0.416 e. The van der Waals surface area contributed by atoms with Crippen LogP contribution >= 0.6 is 0 Å². The first-order valence-corrected chi connectivity index (χ1v) is 5.71. The van der Waals surface area contributed by atoms with Crippen LogP contribution in [0.5, 0.6) is 0 Å². The maximum absolute atomic E-state index is 13.8. The molecule has 0 saturated heterocycles. The quantitative estimate of drug-likeness (QED) is 0.694. The minimum atomic E-state index is -4.57. The summed E-state index contributed by atoms with van der Waals surface area (Å²) >= 11 is 0. The number of rotatable bonds is 1. The first kappa shape index (κ1) is 14.1. The minimum absolute atomic E-state index is 0.0746. The summed E-state index contributed by atoms with van der Waals surface area (Å²) < 4.78 is 51.2. The van der Waals surface area contributed by atoms with Gasteiger partial charge in [0.2, 0.25) is 0 Å². The average Bonchev–Trinajstić information content (AvgIpc) is 2.37. The van der Waals surface area contributed by atoms with E-state index < -0.39 is 17.6 Å². The van der Waals surface area contributed by atoms with E-state index in [1.165, 1.54) is 12.1 Å². The Hall–Kier alpha value is -2.35. The summed E-state index contributed by atoms with van der Waals surface area (Å²) in [4.78, 5) is 0. The van der Waals surface area contributed by atoms with Crippen molar-refractivity contribution in [1.82, 2.24) is 0 Å². The number of nitriles is 1. The van der Waals surface area contributed by atoms with Crippen LogP contribution in [0.4, 0.5) is 17.6 Å². The second-order valence-corrected chi connectivity index (χ2v) is 4.33. The normalized spacial score (nSPS) is 11.2. The van der Waals surface area contributed by atoms with Crippen molar-refractivity contribution in [3.8, 4) is 17.2 Å². The molecular weight excluding hydrogens is 270 g/mol. The van der Waals surface area contributed by atoms with Crippen LogP contribution in [0.1, 0.15) is 16.7 Å². The van der Waals surface area contributed by atoms with Crippen molar-refractivity contribution in [1.29, 1.82) is 5.26 Å². The van der Waals surface area contributed by atoms with E-state index in [2.05, 4.69) is 0 Å². The van der Waals surface area contributed by atoms with Gasteiger partial charge in [0.1, 0.15) is 5.82 Å². The zero-order chi connectivity index (χ0) is 14.9. The summed E-state index contributed by atoms with van der Waals surface area (Å²) in [6, 6.07) is 8.99.